The highest BCUT2D eigenvalue weighted by atomic mass is 35.5. The first-order chi connectivity index (χ1) is 8.47. The van der Waals surface area contributed by atoms with Crippen molar-refractivity contribution in [3.8, 4) is 0 Å². The van der Waals surface area contributed by atoms with E-state index in [0.29, 0.717) is 0 Å². The Bertz CT molecular complexity index is 503. The number of nitro groups is 1. The molecule has 96 valence electrons. The SMILES string of the molecule is [N-]=[N+]=NCC(O)C(O)c1cc(Cl)ccc1[N+](=O)[O-]. The zero-order valence-electron chi connectivity index (χ0n) is 8.97. The van der Waals surface area contributed by atoms with Gasteiger partial charge >= 0.3 is 0 Å². The lowest BCUT2D eigenvalue weighted by Gasteiger charge is -2.16. The van der Waals surface area contributed by atoms with Gasteiger partial charge in [-0.3, -0.25) is 10.1 Å². The number of rotatable bonds is 5. The molecule has 2 N–H and O–H groups in total. The summed E-state index contributed by atoms with van der Waals surface area (Å²) in [4.78, 5) is 12.5. The van der Waals surface area contributed by atoms with Crippen LogP contribution in [0.25, 0.3) is 10.4 Å². The van der Waals surface area contributed by atoms with Crippen LogP contribution in [0.3, 0.4) is 0 Å². The largest absolute Gasteiger partial charge is 0.390 e. The monoisotopic (exact) mass is 272 g/mol. The normalized spacial score (nSPS) is 13.5. The Kier molecular flexibility index (Phi) is 4.87. The van der Waals surface area contributed by atoms with Crippen LogP contribution in [0.2, 0.25) is 5.02 Å². The standard InChI is InChI=1S/C9H9ClN4O4/c10-5-1-2-7(14(17)18)6(3-5)9(16)8(15)4-12-13-11/h1-3,8-9,15-16H,4H2. The molecule has 0 amide bonds. The minimum Gasteiger partial charge on any atom is -0.390 e. The zero-order valence-corrected chi connectivity index (χ0v) is 9.73. The molecule has 9 heteroatoms. The van der Waals surface area contributed by atoms with Crippen LogP contribution in [-0.4, -0.2) is 27.8 Å². The average Bonchev–Trinajstić information content (AvgIpc) is 2.34. The molecule has 0 fully saturated rings. The molecule has 0 heterocycles. The minimum absolute atomic E-state index is 0.131. The van der Waals surface area contributed by atoms with Gasteiger partial charge in [-0.1, -0.05) is 16.7 Å². The van der Waals surface area contributed by atoms with E-state index in [9.17, 15) is 20.3 Å². The number of hydrogen-bond acceptors (Lipinski definition) is 5. The highest BCUT2D eigenvalue weighted by Gasteiger charge is 2.26. The van der Waals surface area contributed by atoms with Gasteiger partial charge in [-0.05, 0) is 17.7 Å². The zero-order chi connectivity index (χ0) is 13.7. The molecule has 18 heavy (non-hydrogen) atoms. The lowest BCUT2D eigenvalue weighted by atomic mass is 10.0. The van der Waals surface area contributed by atoms with Gasteiger partial charge in [-0.25, -0.2) is 0 Å². The Morgan fingerprint density at radius 1 is 1.56 bits per heavy atom. The maximum absolute atomic E-state index is 10.8. The number of aliphatic hydroxyl groups excluding tert-OH is 2. The highest BCUT2D eigenvalue weighted by molar-refractivity contribution is 6.30. The van der Waals surface area contributed by atoms with Crippen molar-refractivity contribution in [3.05, 3.63) is 49.3 Å². The first-order valence-electron chi connectivity index (χ1n) is 4.78. The van der Waals surface area contributed by atoms with E-state index in [1.807, 2.05) is 0 Å². The predicted octanol–water partition coefficient (Wildman–Crippen LogP) is 1.95. The summed E-state index contributed by atoms with van der Waals surface area (Å²) >= 11 is 5.68. The molecule has 0 bridgehead atoms. The van der Waals surface area contributed by atoms with Crippen LogP contribution in [0.5, 0.6) is 0 Å². The second-order valence-corrected chi connectivity index (χ2v) is 3.82. The van der Waals surface area contributed by atoms with Gasteiger partial charge in [0.1, 0.15) is 6.10 Å². The molecule has 0 aliphatic heterocycles. The van der Waals surface area contributed by atoms with Crippen LogP contribution >= 0.6 is 11.6 Å². The lowest BCUT2D eigenvalue weighted by molar-refractivity contribution is -0.386. The molecule has 0 aliphatic rings. The first kappa shape index (κ1) is 14.2. The van der Waals surface area contributed by atoms with Crippen molar-refractivity contribution in [3.63, 3.8) is 0 Å². The number of benzene rings is 1. The first-order valence-corrected chi connectivity index (χ1v) is 5.16. The summed E-state index contributed by atoms with van der Waals surface area (Å²) < 4.78 is 0. The summed E-state index contributed by atoms with van der Waals surface area (Å²) in [5, 5.41) is 33.3. The number of nitro benzene ring substituents is 1. The van der Waals surface area contributed by atoms with Crippen LogP contribution < -0.4 is 0 Å². The van der Waals surface area contributed by atoms with Crippen molar-refractivity contribution in [2.75, 3.05) is 6.54 Å². The molecule has 0 aliphatic carbocycles. The summed E-state index contributed by atoms with van der Waals surface area (Å²) in [5.41, 5.74) is 7.59. The van der Waals surface area contributed by atoms with E-state index in [0.717, 1.165) is 6.07 Å². The van der Waals surface area contributed by atoms with E-state index >= 15 is 0 Å². The smallest absolute Gasteiger partial charge is 0.275 e. The predicted molar refractivity (Wildman–Crippen MR) is 63.1 cm³/mol. The van der Waals surface area contributed by atoms with Gasteiger partial charge in [0.2, 0.25) is 0 Å². The maximum Gasteiger partial charge on any atom is 0.275 e. The molecule has 1 rings (SSSR count). The van der Waals surface area contributed by atoms with E-state index in [1.54, 1.807) is 0 Å². The maximum atomic E-state index is 10.8. The Morgan fingerprint density at radius 3 is 2.78 bits per heavy atom. The fourth-order valence-electron chi connectivity index (χ4n) is 1.36. The molecule has 2 atom stereocenters. The number of aliphatic hydroxyl groups is 2. The molecular weight excluding hydrogens is 264 g/mol. The van der Waals surface area contributed by atoms with Crippen molar-refractivity contribution in [2.45, 2.75) is 12.2 Å². The van der Waals surface area contributed by atoms with Crippen LogP contribution in [0.1, 0.15) is 11.7 Å². The highest BCUT2D eigenvalue weighted by Crippen LogP contribution is 2.30. The molecule has 8 nitrogen and oxygen atoms in total. The van der Waals surface area contributed by atoms with Gasteiger partial charge in [-0.2, -0.15) is 0 Å². The van der Waals surface area contributed by atoms with Gasteiger partial charge in [0.25, 0.3) is 5.69 Å². The summed E-state index contributed by atoms with van der Waals surface area (Å²) in [7, 11) is 0. The third-order valence-corrected chi connectivity index (χ3v) is 2.44. The number of hydrogen-bond donors (Lipinski definition) is 2. The van der Waals surface area contributed by atoms with E-state index < -0.39 is 23.7 Å². The van der Waals surface area contributed by atoms with Crippen molar-refractivity contribution >= 4 is 17.3 Å². The summed E-state index contributed by atoms with van der Waals surface area (Å²) in [6, 6.07) is 3.61. The van der Waals surface area contributed by atoms with Gasteiger partial charge in [0.15, 0.2) is 0 Å². The number of nitrogens with zero attached hydrogens (tertiary/aromatic N) is 4. The average molecular weight is 273 g/mol. The Hall–Kier alpha value is -1.86. The molecule has 0 aromatic heterocycles. The summed E-state index contributed by atoms with van der Waals surface area (Å²) in [5.74, 6) is 0. The molecule has 1 aromatic carbocycles. The second kappa shape index (κ2) is 6.18. The van der Waals surface area contributed by atoms with Crippen molar-refractivity contribution < 1.29 is 15.1 Å². The Balaban J connectivity index is 3.10. The lowest BCUT2D eigenvalue weighted by Crippen LogP contribution is -2.22. The van der Waals surface area contributed by atoms with Crippen molar-refractivity contribution in [1.29, 1.82) is 0 Å². The van der Waals surface area contributed by atoms with E-state index in [-0.39, 0.29) is 16.3 Å². The minimum atomic E-state index is -1.56. The summed E-state index contributed by atoms with van der Waals surface area (Å²) in [6.07, 6.45) is -3.01. The van der Waals surface area contributed by atoms with Crippen LogP contribution in [0, 0.1) is 10.1 Å². The fourth-order valence-corrected chi connectivity index (χ4v) is 1.54. The fraction of sp³-hybridized carbons (Fsp3) is 0.333. The number of halogens is 1. The molecule has 0 radical (unpaired) electrons. The molecule has 0 saturated heterocycles. The quantitative estimate of drug-likeness (QED) is 0.278. The third kappa shape index (κ3) is 3.31. The van der Waals surface area contributed by atoms with Gasteiger partial charge in [0, 0.05) is 16.0 Å². The summed E-state index contributed by atoms with van der Waals surface area (Å²) in [6.45, 7) is -0.401. The van der Waals surface area contributed by atoms with Gasteiger partial charge < -0.3 is 10.2 Å². The van der Waals surface area contributed by atoms with E-state index in [1.165, 1.54) is 12.1 Å². The van der Waals surface area contributed by atoms with Crippen LogP contribution in [0.4, 0.5) is 5.69 Å². The van der Waals surface area contributed by atoms with Gasteiger partial charge in [-0.15, -0.1) is 0 Å². The number of azide groups is 1. The van der Waals surface area contributed by atoms with Gasteiger partial charge in [0.05, 0.1) is 23.1 Å². The van der Waals surface area contributed by atoms with E-state index in [2.05, 4.69) is 10.0 Å². The van der Waals surface area contributed by atoms with Crippen molar-refractivity contribution in [2.24, 2.45) is 5.11 Å². The second-order valence-electron chi connectivity index (χ2n) is 3.39. The topological polar surface area (TPSA) is 132 Å². The Morgan fingerprint density at radius 2 is 2.22 bits per heavy atom. The molecule has 2 unspecified atom stereocenters. The Labute approximate surface area is 106 Å². The molecule has 0 saturated carbocycles. The van der Waals surface area contributed by atoms with Crippen LogP contribution in [-0.2, 0) is 0 Å². The third-order valence-electron chi connectivity index (χ3n) is 2.20. The van der Waals surface area contributed by atoms with E-state index in [4.69, 9.17) is 17.1 Å². The molecular formula is C9H9ClN4O4. The molecule has 1 aromatic rings. The van der Waals surface area contributed by atoms with Crippen molar-refractivity contribution in [1.82, 2.24) is 0 Å². The van der Waals surface area contributed by atoms with Crippen LogP contribution in [0.15, 0.2) is 23.3 Å². The molecule has 0 spiro atoms.